The highest BCUT2D eigenvalue weighted by atomic mass is 16.4. The van der Waals surface area contributed by atoms with E-state index >= 15 is 0 Å². The number of carboxylic acid groups (broad SMARTS) is 1. The molecule has 2 rings (SSSR count). The minimum Gasteiger partial charge on any atom is -0.478 e. The zero-order valence-corrected chi connectivity index (χ0v) is 9.35. The number of hydrogen-bond donors (Lipinski definition) is 1. The molecule has 0 saturated carbocycles. The summed E-state index contributed by atoms with van der Waals surface area (Å²) in [6, 6.07) is 11.3. The van der Waals surface area contributed by atoms with Gasteiger partial charge in [0.05, 0.1) is 11.3 Å². The normalized spacial score (nSPS) is 9.78. The van der Waals surface area contributed by atoms with Gasteiger partial charge >= 0.3 is 5.97 Å². The lowest BCUT2D eigenvalue weighted by Crippen LogP contribution is -2.15. The van der Waals surface area contributed by atoms with E-state index in [4.69, 9.17) is 5.11 Å². The van der Waals surface area contributed by atoms with Crippen LogP contribution >= 0.6 is 0 Å². The van der Waals surface area contributed by atoms with Gasteiger partial charge in [0.1, 0.15) is 5.82 Å². The first-order chi connectivity index (χ1) is 8.72. The molecule has 1 aromatic carbocycles. The number of amides is 1. The van der Waals surface area contributed by atoms with Gasteiger partial charge in [0.2, 0.25) is 6.41 Å². The van der Waals surface area contributed by atoms with Gasteiger partial charge in [0.15, 0.2) is 0 Å². The van der Waals surface area contributed by atoms with Gasteiger partial charge in [-0.2, -0.15) is 0 Å². The zero-order chi connectivity index (χ0) is 13.0. The number of benzene rings is 1. The van der Waals surface area contributed by atoms with E-state index in [0.717, 1.165) is 0 Å². The number of carbonyl (C=O) groups excluding carboxylic acids is 1. The van der Waals surface area contributed by atoms with Crippen LogP contribution in [0.5, 0.6) is 0 Å². The minimum atomic E-state index is -1.04. The van der Waals surface area contributed by atoms with Crippen LogP contribution in [0.2, 0.25) is 0 Å². The standard InChI is InChI=1S/C13H10N2O3/c16-9-15(12-6-1-2-7-14-12)11-5-3-4-10(8-11)13(17)18/h1-9H,(H,17,18). The second-order valence-electron chi connectivity index (χ2n) is 3.52. The molecule has 0 unspecified atom stereocenters. The molecule has 5 nitrogen and oxygen atoms in total. The number of aromatic nitrogens is 1. The first kappa shape index (κ1) is 11.8. The van der Waals surface area contributed by atoms with Gasteiger partial charge in [0.25, 0.3) is 0 Å². The molecular formula is C13H10N2O3. The summed E-state index contributed by atoms with van der Waals surface area (Å²) in [6.45, 7) is 0. The van der Waals surface area contributed by atoms with Crippen LogP contribution in [0.25, 0.3) is 0 Å². The van der Waals surface area contributed by atoms with Crippen LogP contribution in [-0.2, 0) is 4.79 Å². The van der Waals surface area contributed by atoms with Gasteiger partial charge in [0, 0.05) is 6.20 Å². The number of pyridine rings is 1. The molecule has 18 heavy (non-hydrogen) atoms. The first-order valence-corrected chi connectivity index (χ1v) is 5.21. The van der Waals surface area contributed by atoms with E-state index in [9.17, 15) is 9.59 Å². The number of carboxylic acids is 1. The quantitative estimate of drug-likeness (QED) is 0.833. The topological polar surface area (TPSA) is 70.5 Å². The number of anilines is 2. The van der Waals surface area contributed by atoms with Crippen LogP contribution in [0.15, 0.2) is 48.7 Å². The van der Waals surface area contributed by atoms with Gasteiger partial charge in [-0.15, -0.1) is 0 Å². The molecule has 0 aliphatic rings. The SMILES string of the molecule is O=CN(c1cccc(C(=O)O)c1)c1ccccn1. The van der Waals surface area contributed by atoms with Crippen molar-refractivity contribution in [3.63, 3.8) is 0 Å². The lowest BCUT2D eigenvalue weighted by atomic mass is 10.2. The molecule has 1 heterocycles. The Morgan fingerprint density at radius 3 is 2.67 bits per heavy atom. The highest BCUT2D eigenvalue weighted by Gasteiger charge is 2.11. The Morgan fingerprint density at radius 2 is 2.06 bits per heavy atom. The van der Waals surface area contributed by atoms with E-state index in [2.05, 4.69) is 4.98 Å². The van der Waals surface area contributed by atoms with Gasteiger partial charge in [-0.25, -0.2) is 9.78 Å². The van der Waals surface area contributed by atoms with Crippen molar-refractivity contribution in [3.05, 3.63) is 54.2 Å². The fourth-order valence-electron chi connectivity index (χ4n) is 1.53. The summed E-state index contributed by atoms with van der Waals surface area (Å²) in [6.07, 6.45) is 2.16. The van der Waals surface area contributed by atoms with Crippen molar-refractivity contribution in [1.82, 2.24) is 4.98 Å². The fraction of sp³-hybridized carbons (Fsp3) is 0. The molecule has 1 amide bonds. The summed E-state index contributed by atoms with van der Waals surface area (Å²) in [5.41, 5.74) is 0.582. The minimum absolute atomic E-state index is 0.121. The molecule has 2 aromatic rings. The summed E-state index contributed by atoms with van der Waals surface area (Å²) in [4.78, 5) is 27.3. The van der Waals surface area contributed by atoms with E-state index < -0.39 is 5.97 Å². The average Bonchev–Trinajstić information content (AvgIpc) is 2.41. The zero-order valence-electron chi connectivity index (χ0n) is 9.35. The number of nitrogens with zero attached hydrogens (tertiary/aromatic N) is 2. The van der Waals surface area contributed by atoms with E-state index in [-0.39, 0.29) is 5.56 Å². The Balaban J connectivity index is 2.42. The third-order valence-electron chi connectivity index (χ3n) is 2.37. The van der Waals surface area contributed by atoms with Crippen LogP contribution in [0.4, 0.5) is 11.5 Å². The Kier molecular flexibility index (Phi) is 3.33. The number of hydrogen-bond acceptors (Lipinski definition) is 3. The molecule has 0 aliphatic heterocycles. The van der Waals surface area contributed by atoms with Crippen molar-refractivity contribution in [2.24, 2.45) is 0 Å². The molecule has 0 fully saturated rings. The predicted molar refractivity (Wildman–Crippen MR) is 65.8 cm³/mol. The van der Waals surface area contributed by atoms with Crippen LogP contribution in [-0.4, -0.2) is 22.5 Å². The Bertz CT molecular complexity index is 569. The van der Waals surface area contributed by atoms with Crippen LogP contribution < -0.4 is 4.90 Å². The molecular weight excluding hydrogens is 232 g/mol. The van der Waals surface area contributed by atoms with Gasteiger partial charge in [-0.3, -0.25) is 9.69 Å². The Labute approximate surface area is 103 Å². The average molecular weight is 242 g/mol. The van der Waals surface area contributed by atoms with Crippen molar-refractivity contribution >= 4 is 23.9 Å². The number of aromatic carboxylic acids is 1. The van der Waals surface area contributed by atoms with Gasteiger partial charge in [-0.05, 0) is 30.3 Å². The first-order valence-electron chi connectivity index (χ1n) is 5.21. The largest absolute Gasteiger partial charge is 0.478 e. The predicted octanol–water partition coefficient (Wildman–Crippen LogP) is 2.07. The molecule has 5 heteroatoms. The van der Waals surface area contributed by atoms with E-state index in [0.29, 0.717) is 17.9 Å². The molecule has 0 saturated heterocycles. The second kappa shape index (κ2) is 5.09. The lowest BCUT2D eigenvalue weighted by molar-refractivity contribution is -0.106. The van der Waals surface area contributed by atoms with Crippen LogP contribution in [0.1, 0.15) is 10.4 Å². The molecule has 90 valence electrons. The lowest BCUT2D eigenvalue weighted by Gasteiger charge is -2.16. The third kappa shape index (κ3) is 2.35. The van der Waals surface area contributed by atoms with Crippen molar-refractivity contribution < 1.29 is 14.7 Å². The summed E-state index contributed by atoms with van der Waals surface area (Å²) >= 11 is 0. The van der Waals surface area contributed by atoms with E-state index in [1.54, 1.807) is 36.5 Å². The monoisotopic (exact) mass is 242 g/mol. The third-order valence-corrected chi connectivity index (χ3v) is 2.37. The highest BCUT2D eigenvalue weighted by molar-refractivity contribution is 5.91. The molecule has 0 radical (unpaired) electrons. The molecule has 0 bridgehead atoms. The summed E-state index contributed by atoms with van der Waals surface area (Å²) in [5, 5.41) is 8.91. The van der Waals surface area contributed by atoms with Gasteiger partial charge < -0.3 is 5.11 Å². The van der Waals surface area contributed by atoms with Crippen molar-refractivity contribution in [3.8, 4) is 0 Å². The van der Waals surface area contributed by atoms with Crippen molar-refractivity contribution in [1.29, 1.82) is 0 Å². The molecule has 0 spiro atoms. The highest BCUT2D eigenvalue weighted by Crippen LogP contribution is 2.22. The second-order valence-corrected chi connectivity index (χ2v) is 3.52. The summed E-state index contributed by atoms with van der Waals surface area (Å²) in [7, 11) is 0. The molecule has 1 N–H and O–H groups in total. The smallest absolute Gasteiger partial charge is 0.335 e. The van der Waals surface area contributed by atoms with Crippen LogP contribution in [0.3, 0.4) is 0 Å². The molecule has 0 atom stereocenters. The summed E-state index contributed by atoms with van der Waals surface area (Å²) in [5.74, 6) is -0.598. The van der Waals surface area contributed by atoms with E-state index in [1.165, 1.54) is 17.0 Å². The fourth-order valence-corrected chi connectivity index (χ4v) is 1.53. The molecule has 0 aliphatic carbocycles. The van der Waals surface area contributed by atoms with Crippen LogP contribution in [0, 0.1) is 0 Å². The maximum absolute atomic E-state index is 11.1. The Morgan fingerprint density at radius 1 is 1.22 bits per heavy atom. The van der Waals surface area contributed by atoms with Crippen molar-refractivity contribution in [2.75, 3.05) is 4.90 Å². The maximum Gasteiger partial charge on any atom is 0.335 e. The number of rotatable bonds is 4. The Hall–Kier alpha value is -2.69. The molecule has 1 aromatic heterocycles. The van der Waals surface area contributed by atoms with Gasteiger partial charge in [-0.1, -0.05) is 12.1 Å². The summed E-state index contributed by atoms with van der Waals surface area (Å²) < 4.78 is 0. The van der Waals surface area contributed by atoms with Crippen molar-refractivity contribution in [2.45, 2.75) is 0 Å². The maximum atomic E-state index is 11.1. The number of carbonyl (C=O) groups is 2. The van der Waals surface area contributed by atoms with E-state index in [1.807, 2.05) is 0 Å².